The summed E-state index contributed by atoms with van der Waals surface area (Å²) in [6, 6.07) is 88.4. The lowest BCUT2D eigenvalue weighted by Gasteiger charge is -2.28. The molecule has 2 heterocycles. The van der Waals surface area contributed by atoms with Crippen LogP contribution in [0.5, 0.6) is 0 Å². The summed E-state index contributed by atoms with van der Waals surface area (Å²) in [4.78, 5) is 2.42. The zero-order valence-corrected chi connectivity index (χ0v) is 35.2. The molecule has 3 heteroatoms. The molecule has 0 saturated heterocycles. The molecule has 0 aliphatic heterocycles. The Kier molecular flexibility index (Phi) is 9.06. The first-order valence-corrected chi connectivity index (χ1v) is 22.3. The van der Waals surface area contributed by atoms with Crippen molar-refractivity contribution in [3.63, 3.8) is 0 Å². The molecule has 0 bridgehead atoms. The summed E-state index contributed by atoms with van der Waals surface area (Å²) in [6.07, 6.45) is 0. The third-order valence-corrected chi connectivity index (χ3v) is 13.6. The standard InChI is InChI=1S/C60H40N2S/c1-2-15-41(16-3-1)42-29-31-44(32-30-42)49-19-4-9-24-55(49)61(48-37-38-54-53-23-8-13-28-59(53)63-60(54)40-48)47-35-33-43(34-36-47)45-17-14-18-46(39-45)50-20-5-10-25-56(50)62-57-26-11-6-21-51(57)52-22-7-12-27-58(52)62/h1-40H. The fraction of sp³-hybridized carbons (Fsp3) is 0. The van der Waals surface area contributed by atoms with E-state index < -0.39 is 0 Å². The highest BCUT2D eigenvalue weighted by atomic mass is 32.1. The second-order valence-electron chi connectivity index (χ2n) is 16.1. The summed E-state index contributed by atoms with van der Waals surface area (Å²) >= 11 is 1.86. The summed E-state index contributed by atoms with van der Waals surface area (Å²) in [5, 5.41) is 5.12. The quantitative estimate of drug-likeness (QED) is 0.148. The molecule has 0 saturated carbocycles. The number of fused-ring (bicyclic) bond motifs is 6. The Morgan fingerprint density at radius 3 is 1.60 bits per heavy atom. The van der Waals surface area contributed by atoms with E-state index in [0.29, 0.717) is 0 Å². The third kappa shape index (κ3) is 6.50. The highest BCUT2D eigenvalue weighted by Crippen LogP contribution is 2.45. The first-order valence-electron chi connectivity index (χ1n) is 21.5. The van der Waals surface area contributed by atoms with Gasteiger partial charge in [-0.3, -0.25) is 0 Å². The average molecular weight is 821 g/mol. The van der Waals surface area contributed by atoms with Crippen molar-refractivity contribution in [3.8, 4) is 50.2 Å². The lowest BCUT2D eigenvalue weighted by molar-refractivity contribution is 1.18. The smallest absolute Gasteiger partial charge is 0.0541 e. The fourth-order valence-corrected chi connectivity index (χ4v) is 10.6. The molecule has 0 amide bonds. The van der Waals surface area contributed by atoms with Gasteiger partial charge in [-0.2, -0.15) is 0 Å². The monoisotopic (exact) mass is 820 g/mol. The van der Waals surface area contributed by atoms with Crippen molar-refractivity contribution in [1.29, 1.82) is 0 Å². The van der Waals surface area contributed by atoms with Crippen LogP contribution in [0.25, 0.3) is 92.2 Å². The third-order valence-electron chi connectivity index (χ3n) is 12.4. The molecule has 296 valence electrons. The van der Waals surface area contributed by atoms with Crippen LogP contribution in [-0.4, -0.2) is 4.57 Å². The minimum absolute atomic E-state index is 1.10. The van der Waals surface area contributed by atoms with E-state index in [-0.39, 0.29) is 0 Å². The molecule has 2 nitrogen and oxygen atoms in total. The number of thiophene rings is 1. The van der Waals surface area contributed by atoms with Crippen molar-refractivity contribution in [1.82, 2.24) is 4.57 Å². The molecule has 0 aliphatic carbocycles. The van der Waals surface area contributed by atoms with E-state index in [1.165, 1.54) is 92.2 Å². The Morgan fingerprint density at radius 1 is 0.302 bits per heavy atom. The van der Waals surface area contributed by atoms with Crippen LogP contribution < -0.4 is 4.90 Å². The maximum atomic E-state index is 2.42. The van der Waals surface area contributed by atoms with Crippen LogP contribution in [0.15, 0.2) is 243 Å². The van der Waals surface area contributed by atoms with Crippen molar-refractivity contribution in [2.24, 2.45) is 0 Å². The molecule has 0 unspecified atom stereocenters. The topological polar surface area (TPSA) is 8.17 Å². The average Bonchev–Trinajstić information content (AvgIpc) is 3.90. The number of hydrogen-bond acceptors (Lipinski definition) is 2. The van der Waals surface area contributed by atoms with E-state index in [9.17, 15) is 0 Å². The van der Waals surface area contributed by atoms with Crippen LogP contribution in [0.2, 0.25) is 0 Å². The van der Waals surface area contributed by atoms with E-state index in [4.69, 9.17) is 0 Å². The predicted molar refractivity (Wildman–Crippen MR) is 270 cm³/mol. The zero-order chi connectivity index (χ0) is 41.7. The first-order chi connectivity index (χ1) is 31.2. The molecule has 12 aromatic rings. The highest BCUT2D eigenvalue weighted by molar-refractivity contribution is 7.25. The van der Waals surface area contributed by atoms with Gasteiger partial charge in [0, 0.05) is 53.4 Å². The van der Waals surface area contributed by atoms with Gasteiger partial charge in [0.05, 0.1) is 22.4 Å². The number of anilines is 3. The number of aromatic nitrogens is 1. The van der Waals surface area contributed by atoms with E-state index in [0.717, 1.165) is 17.1 Å². The second kappa shape index (κ2) is 15.5. The number of nitrogens with zero attached hydrogens (tertiary/aromatic N) is 2. The molecule has 63 heavy (non-hydrogen) atoms. The van der Waals surface area contributed by atoms with Gasteiger partial charge in [0.15, 0.2) is 0 Å². The van der Waals surface area contributed by atoms with Crippen molar-refractivity contribution in [2.75, 3.05) is 4.90 Å². The molecular weight excluding hydrogens is 781 g/mol. The Bertz CT molecular complexity index is 3560. The summed E-state index contributed by atoms with van der Waals surface area (Å²) in [5.41, 5.74) is 16.4. The Balaban J connectivity index is 0.951. The SMILES string of the molecule is c1ccc(-c2ccc(-c3ccccc3N(c3ccc(-c4cccc(-c5ccccc5-n5c6ccccc6c6ccccc65)c4)cc3)c3ccc4c(c3)sc3ccccc34)cc2)cc1. The predicted octanol–water partition coefficient (Wildman–Crippen LogP) is 17.3. The number of para-hydroxylation sites is 4. The molecule has 10 aromatic carbocycles. The number of benzene rings is 10. The van der Waals surface area contributed by atoms with Crippen LogP contribution in [0.1, 0.15) is 0 Å². The second-order valence-corrected chi connectivity index (χ2v) is 17.2. The molecule has 0 aliphatic rings. The van der Waals surface area contributed by atoms with E-state index in [1.54, 1.807) is 0 Å². The lowest BCUT2D eigenvalue weighted by Crippen LogP contribution is -2.11. The van der Waals surface area contributed by atoms with Gasteiger partial charge in [0.25, 0.3) is 0 Å². The summed E-state index contributed by atoms with van der Waals surface area (Å²) < 4.78 is 5.00. The van der Waals surface area contributed by atoms with Crippen molar-refractivity contribution >= 4 is 70.4 Å². The Labute approximate surface area is 370 Å². The normalized spacial score (nSPS) is 11.5. The van der Waals surface area contributed by atoms with Crippen LogP contribution in [0, 0.1) is 0 Å². The molecule has 0 atom stereocenters. The van der Waals surface area contributed by atoms with Crippen LogP contribution in [-0.2, 0) is 0 Å². The first kappa shape index (κ1) is 36.8. The van der Waals surface area contributed by atoms with Gasteiger partial charge in [-0.1, -0.05) is 182 Å². The summed E-state index contributed by atoms with van der Waals surface area (Å²) in [6.45, 7) is 0. The fourth-order valence-electron chi connectivity index (χ4n) is 9.43. The number of hydrogen-bond donors (Lipinski definition) is 0. The highest BCUT2D eigenvalue weighted by Gasteiger charge is 2.20. The number of rotatable bonds is 8. The van der Waals surface area contributed by atoms with Gasteiger partial charge < -0.3 is 9.47 Å². The molecule has 0 radical (unpaired) electrons. The van der Waals surface area contributed by atoms with Gasteiger partial charge in [-0.25, -0.2) is 0 Å². The van der Waals surface area contributed by atoms with Crippen LogP contribution in [0.3, 0.4) is 0 Å². The molecule has 2 aromatic heterocycles. The molecule has 12 rings (SSSR count). The minimum atomic E-state index is 1.10. The lowest BCUT2D eigenvalue weighted by atomic mass is 9.97. The molecule has 0 spiro atoms. The molecule has 0 fully saturated rings. The van der Waals surface area contributed by atoms with Gasteiger partial charge in [-0.05, 0) is 94.0 Å². The molecule has 0 N–H and O–H groups in total. The maximum absolute atomic E-state index is 2.42. The van der Waals surface area contributed by atoms with Gasteiger partial charge in [-0.15, -0.1) is 11.3 Å². The van der Waals surface area contributed by atoms with E-state index in [2.05, 4.69) is 252 Å². The Hall–Kier alpha value is -7.98. The Morgan fingerprint density at radius 2 is 0.825 bits per heavy atom. The van der Waals surface area contributed by atoms with Crippen molar-refractivity contribution in [2.45, 2.75) is 0 Å². The zero-order valence-electron chi connectivity index (χ0n) is 34.4. The van der Waals surface area contributed by atoms with Crippen molar-refractivity contribution in [3.05, 3.63) is 243 Å². The molecular formula is C60H40N2S. The van der Waals surface area contributed by atoms with E-state index >= 15 is 0 Å². The van der Waals surface area contributed by atoms with Crippen LogP contribution in [0.4, 0.5) is 17.1 Å². The van der Waals surface area contributed by atoms with Crippen molar-refractivity contribution < 1.29 is 0 Å². The van der Waals surface area contributed by atoms with E-state index in [1.807, 2.05) is 11.3 Å². The van der Waals surface area contributed by atoms with Gasteiger partial charge >= 0.3 is 0 Å². The summed E-state index contributed by atoms with van der Waals surface area (Å²) in [5.74, 6) is 0. The summed E-state index contributed by atoms with van der Waals surface area (Å²) in [7, 11) is 0. The van der Waals surface area contributed by atoms with Gasteiger partial charge in [0.2, 0.25) is 0 Å². The van der Waals surface area contributed by atoms with Gasteiger partial charge in [0.1, 0.15) is 0 Å². The maximum Gasteiger partial charge on any atom is 0.0541 e. The minimum Gasteiger partial charge on any atom is -0.310 e. The largest absolute Gasteiger partial charge is 0.310 e. The van der Waals surface area contributed by atoms with Crippen LogP contribution >= 0.6 is 11.3 Å².